The van der Waals surface area contributed by atoms with Crippen LogP contribution in [0.2, 0.25) is 0 Å². The Bertz CT molecular complexity index is 3870. The summed E-state index contributed by atoms with van der Waals surface area (Å²) in [5.74, 6) is -0.0202. The molecule has 0 saturated heterocycles. The maximum Gasteiger partial charge on any atom is 0.105 e. The van der Waals surface area contributed by atoms with Crippen LogP contribution < -0.4 is 0 Å². The number of fused-ring (bicyclic) bond motifs is 15. The molecule has 10 aromatic carbocycles. The molecule has 67 heavy (non-hydrogen) atoms. The van der Waals surface area contributed by atoms with Crippen molar-refractivity contribution in [2.75, 3.05) is 0 Å². The molecule has 0 radical (unpaired) electrons. The van der Waals surface area contributed by atoms with E-state index in [-0.39, 0.29) is 11.3 Å². The largest absolute Gasteiger partial charge is 0.302 e. The highest BCUT2D eigenvalue weighted by Gasteiger charge is 2.53. The fourth-order valence-corrected chi connectivity index (χ4v) is 13.6. The molecule has 0 N–H and O–H groups in total. The van der Waals surface area contributed by atoms with Gasteiger partial charge >= 0.3 is 0 Å². The van der Waals surface area contributed by atoms with Crippen LogP contribution in [0.1, 0.15) is 69.8 Å². The summed E-state index contributed by atoms with van der Waals surface area (Å²) in [6.45, 7) is 4.79. The summed E-state index contributed by atoms with van der Waals surface area (Å²) in [5, 5.41) is 5.04. The Morgan fingerprint density at radius 3 is 1.91 bits per heavy atom. The molecule has 0 amide bonds. The van der Waals surface area contributed by atoms with Gasteiger partial charge in [0.05, 0.1) is 10.9 Å². The highest BCUT2D eigenvalue weighted by atomic mass is 32.1. The number of benzene rings is 9. The minimum absolute atomic E-state index is 0.0202. The smallest absolute Gasteiger partial charge is 0.105 e. The van der Waals surface area contributed by atoms with E-state index in [0.29, 0.717) is 0 Å². The first kappa shape index (κ1) is 38.3. The van der Waals surface area contributed by atoms with Crippen molar-refractivity contribution in [2.45, 2.75) is 30.6 Å². The third-order valence-corrected chi connectivity index (χ3v) is 16.5. The highest BCUT2D eigenvalue weighted by Crippen LogP contribution is 2.62. The van der Waals surface area contributed by atoms with E-state index in [2.05, 4.69) is 243 Å². The minimum Gasteiger partial charge on any atom is -0.302 e. The molecule has 14 rings (SSSR count). The lowest BCUT2D eigenvalue weighted by molar-refractivity contribution is 0.563. The first-order valence-electron chi connectivity index (χ1n) is 23.4. The van der Waals surface area contributed by atoms with Crippen LogP contribution in [0.4, 0.5) is 0 Å². The van der Waals surface area contributed by atoms with Crippen LogP contribution in [0.15, 0.2) is 218 Å². The van der Waals surface area contributed by atoms with Gasteiger partial charge in [-0.3, -0.25) is 0 Å². The Morgan fingerprint density at radius 1 is 0.463 bits per heavy atom. The van der Waals surface area contributed by atoms with E-state index in [9.17, 15) is 0 Å². The zero-order valence-corrected chi connectivity index (χ0v) is 38.0. The molecule has 1 nitrogen and oxygen atoms in total. The van der Waals surface area contributed by atoms with Crippen molar-refractivity contribution < 1.29 is 0 Å². The Balaban J connectivity index is 0.961. The van der Waals surface area contributed by atoms with Crippen LogP contribution in [-0.2, 0) is 10.8 Å². The summed E-state index contributed by atoms with van der Waals surface area (Å²) in [4.78, 5) is 0. The van der Waals surface area contributed by atoms with E-state index in [1.807, 2.05) is 17.4 Å². The lowest BCUT2D eigenvalue weighted by Crippen LogP contribution is -2.40. The first-order chi connectivity index (χ1) is 33.0. The van der Waals surface area contributed by atoms with Crippen LogP contribution in [0.5, 0.6) is 0 Å². The van der Waals surface area contributed by atoms with E-state index in [0.717, 1.165) is 11.2 Å². The Labute approximate surface area is 394 Å². The van der Waals surface area contributed by atoms with Crippen molar-refractivity contribution in [3.63, 3.8) is 0 Å². The lowest BCUT2D eigenvalue weighted by Gasteiger charge is -2.46. The summed E-state index contributed by atoms with van der Waals surface area (Å²) in [6.07, 6.45) is 0. The van der Waals surface area contributed by atoms with Crippen molar-refractivity contribution in [2.24, 2.45) is 0 Å². The molecule has 0 fully saturated rings. The average molecular weight is 870 g/mol. The second kappa shape index (κ2) is 14.3. The summed E-state index contributed by atoms with van der Waals surface area (Å²) in [6, 6.07) is 88.7. The molecule has 1 spiro atoms. The number of thiophene rings is 1. The summed E-state index contributed by atoms with van der Waals surface area (Å²) >= 11 is 1.91. The Kier molecular flexibility index (Phi) is 8.16. The molecular weight excluding hydrogens is 827 g/mol. The maximum absolute atomic E-state index is 3.44. The van der Waals surface area contributed by atoms with E-state index < -0.39 is 5.41 Å². The molecule has 314 valence electrons. The van der Waals surface area contributed by atoms with Crippen LogP contribution in [-0.4, -0.2) is 4.57 Å². The van der Waals surface area contributed by atoms with Gasteiger partial charge in [-0.25, -0.2) is 0 Å². The van der Waals surface area contributed by atoms with Crippen LogP contribution >= 0.6 is 11.3 Å². The zero-order valence-electron chi connectivity index (χ0n) is 37.2. The van der Waals surface area contributed by atoms with Crippen LogP contribution in [0.3, 0.4) is 0 Å². The quantitative estimate of drug-likeness (QED) is 0.152. The monoisotopic (exact) mass is 869 g/mol. The number of rotatable bonds is 5. The van der Waals surface area contributed by atoms with Crippen molar-refractivity contribution in [1.82, 2.24) is 4.57 Å². The topological polar surface area (TPSA) is 4.93 Å². The summed E-state index contributed by atoms with van der Waals surface area (Å²) < 4.78 is 4.98. The molecule has 0 saturated carbocycles. The molecule has 1 unspecified atom stereocenters. The summed E-state index contributed by atoms with van der Waals surface area (Å²) in [7, 11) is 0. The predicted molar refractivity (Wildman–Crippen MR) is 280 cm³/mol. The fraction of sp³-hybridized carbons (Fsp3) is 0.0769. The molecule has 12 aromatic rings. The van der Waals surface area contributed by atoms with Gasteiger partial charge in [0.15, 0.2) is 0 Å². The van der Waals surface area contributed by atoms with E-state index in [1.165, 1.54) is 109 Å². The van der Waals surface area contributed by atoms with Gasteiger partial charge in [0.2, 0.25) is 0 Å². The first-order valence-corrected chi connectivity index (χ1v) is 24.2. The zero-order chi connectivity index (χ0) is 44.4. The predicted octanol–water partition coefficient (Wildman–Crippen LogP) is 16.6. The Hall–Kier alpha value is -7.96. The second-order valence-corrected chi connectivity index (χ2v) is 20.0. The third kappa shape index (κ3) is 5.32. The van der Waals surface area contributed by atoms with Gasteiger partial charge in [-0.2, -0.15) is 0 Å². The maximum atomic E-state index is 3.44. The van der Waals surface area contributed by atoms with Gasteiger partial charge in [0.1, 0.15) is 5.52 Å². The SMILES string of the molecule is CC1(C)c2ccccc2C2(c3ccccc3-c3ccc(-c4cccc(C(c5ccc(-n6c7c#cccc7c7ccccc76)cc5)c5cccc6c5sc5ccccc56)c4)cc32)c2ccccc21. The van der Waals surface area contributed by atoms with Crippen LogP contribution in [0.25, 0.3) is 69.9 Å². The molecule has 2 heteroatoms. The molecular formula is C65H43NS. The number of para-hydroxylation sites is 1. The van der Waals surface area contributed by atoms with Gasteiger partial charge in [0, 0.05) is 48.0 Å². The normalized spacial score (nSPS) is 14.5. The molecule has 1 atom stereocenters. The van der Waals surface area contributed by atoms with Gasteiger partial charge in [0.25, 0.3) is 0 Å². The van der Waals surface area contributed by atoms with Crippen LogP contribution in [0, 0.1) is 12.1 Å². The van der Waals surface area contributed by atoms with Gasteiger partial charge < -0.3 is 4.57 Å². The molecule has 0 aliphatic heterocycles. The number of hydrogen-bond donors (Lipinski definition) is 0. The number of aromatic nitrogens is 1. The van der Waals surface area contributed by atoms with E-state index in [1.54, 1.807) is 0 Å². The second-order valence-electron chi connectivity index (χ2n) is 19.0. The van der Waals surface area contributed by atoms with Gasteiger partial charge in [-0.05, 0) is 121 Å². The van der Waals surface area contributed by atoms with E-state index in [4.69, 9.17) is 0 Å². The van der Waals surface area contributed by atoms with E-state index >= 15 is 0 Å². The Morgan fingerprint density at radius 2 is 1.10 bits per heavy atom. The number of nitrogens with zero attached hydrogens (tertiary/aromatic N) is 1. The molecule has 2 heterocycles. The molecule has 2 aliphatic carbocycles. The minimum atomic E-state index is -0.449. The number of hydrogen-bond acceptors (Lipinski definition) is 1. The van der Waals surface area contributed by atoms with Crippen molar-refractivity contribution in [3.8, 4) is 27.9 Å². The lowest BCUT2D eigenvalue weighted by atomic mass is 9.55. The standard InChI is InChI=1S/C65H43NS/c1-64(2)54-26-8-10-28-56(54)65(57-29-11-9-27-55(57)64)53-25-7-3-19-46(53)47-38-35-43(40-58(47)65)42-17-15-18-44(39-42)62(52-24-16-23-51-50-22-6-14-32-61(50)67-63(51)52)41-33-36-45(37-34-41)66-59-30-12-4-20-48(59)49-21-5-13-31-60(49)66/h3-12,14-30,32-40,62H,1-2H3. The van der Waals surface area contributed by atoms with Gasteiger partial charge in [-0.1, -0.05) is 196 Å². The highest BCUT2D eigenvalue weighted by molar-refractivity contribution is 7.26. The van der Waals surface area contributed by atoms with Crippen molar-refractivity contribution >= 4 is 53.3 Å². The fourth-order valence-electron chi connectivity index (χ4n) is 12.4. The third-order valence-electron chi connectivity index (χ3n) is 15.3. The van der Waals surface area contributed by atoms with Gasteiger partial charge in [-0.15, -0.1) is 11.3 Å². The summed E-state index contributed by atoms with van der Waals surface area (Å²) in [5.41, 5.74) is 19.9. The average Bonchev–Trinajstić information content (AvgIpc) is 4.03. The molecule has 2 aromatic heterocycles. The molecule has 2 aliphatic rings. The van der Waals surface area contributed by atoms with Crippen molar-refractivity contribution in [1.29, 1.82) is 0 Å². The molecule has 0 bridgehead atoms. The van der Waals surface area contributed by atoms with Crippen molar-refractivity contribution in [3.05, 3.63) is 281 Å².